The monoisotopic (exact) mass is 281 g/mol. The fraction of sp³-hybridized carbons (Fsp3) is 0.611. The lowest BCUT2D eigenvalue weighted by atomic mass is 9.88. The molecule has 2 N–H and O–H groups in total. The zero-order valence-corrected chi connectivity index (χ0v) is 12.5. The molecule has 3 aliphatic rings. The Kier molecular flexibility index (Phi) is 2.52. The Balaban J connectivity index is 1.66. The molecule has 3 atom stereocenters. The first kappa shape index (κ1) is 12.2. The molecule has 5 rings (SSSR count). The SMILES string of the molecule is NCc1ccc2c(c1)nc(C1CC3CCC1C3)n2C1CC1. The van der Waals surface area contributed by atoms with Crippen molar-refractivity contribution < 1.29 is 0 Å². The molecule has 3 fully saturated rings. The molecular formula is C18H23N3. The Hall–Kier alpha value is -1.35. The lowest BCUT2D eigenvalue weighted by Crippen LogP contribution is -2.14. The van der Waals surface area contributed by atoms with Crippen LogP contribution in [0.3, 0.4) is 0 Å². The minimum absolute atomic E-state index is 0.607. The normalized spacial score (nSPS) is 31.4. The van der Waals surface area contributed by atoms with Crippen molar-refractivity contribution in [3.8, 4) is 0 Å². The predicted molar refractivity (Wildman–Crippen MR) is 84.1 cm³/mol. The topological polar surface area (TPSA) is 43.8 Å². The molecule has 0 spiro atoms. The second-order valence-electron chi connectivity index (χ2n) is 7.38. The molecule has 3 aliphatic carbocycles. The van der Waals surface area contributed by atoms with Crippen molar-refractivity contribution in [3.63, 3.8) is 0 Å². The number of nitrogens with two attached hydrogens (primary N) is 1. The van der Waals surface area contributed by atoms with Crippen LogP contribution in [0, 0.1) is 11.8 Å². The molecule has 2 bridgehead atoms. The molecule has 21 heavy (non-hydrogen) atoms. The summed E-state index contributed by atoms with van der Waals surface area (Å²) in [4.78, 5) is 5.09. The Morgan fingerprint density at radius 3 is 2.71 bits per heavy atom. The third-order valence-electron chi connectivity index (χ3n) is 6.00. The van der Waals surface area contributed by atoms with Gasteiger partial charge in [-0.25, -0.2) is 4.98 Å². The first-order valence-corrected chi connectivity index (χ1v) is 8.54. The highest BCUT2D eigenvalue weighted by Crippen LogP contribution is 2.54. The third kappa shape index (κ3) is 1.80. The first-order chi connectivity index (χ1) is 10.3. The van der Waals surface area contributed by atoms with Gasteiger partial charge in [-0.05, 0) is 61.6 Å². The average Bonchev–Trinajstić information content (AvgIpc) is 2.99. The molecule has 0 radical (unpaired) electrons. The van der Waals surface area contributed by atoms with Crippen LogP contribution < -0.4 is 5.73 Å². The van der Waals surface area contributed by atoms with Gasteiger partial charge in [0.25, 0.3) is 0 Å². The largest absolute Gasteiger partial charge is 0.326 e. The minimum Gasteiger partial charge on any atom is -0.326 e. The van der Waals surface area contributed by atoms with Crippen molar-refractivity contribution in [2.45, 2.75) is 57.0 Å². The lowest BCUT2D eigenvalue weighted by Gasteiger charge is -2.22. The number of benzene rings is 1. The summed E-state index contributed by atoms with van der Waals surface area (Å²) in [6, 6.07) is 7.34. The van der Waals surface area contributed by atoms with Gasteiger partial charge >= 0.3 is 0 Å². The molecule has 1 heterocycles. The molecule has 3 saturated carbocycles. The van der Waals surface area contributed by atoms with Crippen LogP contribution in [-0.4, -0.2) is 9.55 Å². The maximum atomic E-state index is 5.79. The summed E-state index contributed by atoms with van der Waals surface area (Å²) in [5, 5.41) is 0. The molecule has 1 aromatic carbocycles. The average molecular weight is 281 g/mol. The van der Waals surface area contributed by atoms with E-state index in [0.717, 1.165) is 17.8 Å². The summed E-state index contributed by atoms with van der Waals surface area (Å²) < 4.78 is 2.58. The Bertz CT molecular complexity index is 698. The van der Waals surface area contributed by atoms with Gasteiger partial charge in [0, 0.05) is 18.5 Å². The van der Waals surface area contributed by atoms with E-state index in [0.29, 0.717) is 12.6 Å². The molecule has 0 saturated heterocycles. The fourth-order valence-corrected chi connectivity index (χ4v) is 4.83. The number of nitrogens with zero attached hydrogens (tertiary/aromatic N) is 2. The van der Waals surface area contributed by atoms with Gasteiger partial charge in [0.2, 0.25) is 0 Å². The number of hydrogen-bond acceptors (Lipinski definition) is 2. The van der Waals surface area contributed by atoms with E-state index in [1.165, 1.54) is 60.9 Å². The van der Waals surface area contributed by atoms with Gasteiger partial charge in [0.05, 0.1) is 11.0 Å². The van der Waals surface area contributed by atoms with Crippen molar-refractivity contribution >= 4 is 11.0 Å². The van der Waals surface area contributed by atoms with Gasteiger partial charge in [0.15, 0.2) is 0 Å². The summed E-state index contributed by atoms with van der Waals surface area (Å²) in [6.07, 6.45) is 8.38. The number of imidazole rings is 1. The van der Waals surface area contributed by atoms with Crippen LogP contribution in [0.4, 0.5) is 0 Å². The number of fused-ring (bicyclic) bond motifs is 3. The number of aromatic nitrogens is 2. The third-order valence-corrected chi connectivity index (χ3v) is 6.00. The molecule has 3 unspecified atom stereocenters. The summed E-state index contributed by atoms with van der Waals surface area (Å²) in [6.45, 7) is 0.607. The molecule has 3 nitrogen and oxygen atoms in total. The van der Waals surface area contributed by atoms with Crippen LogP contribution in [0.25, 0.3) is 11.0 Å². The van der Waals surface area contributed by atoms with Crippen LogP contribution >= 0.6 is 0 Å². The second-order valence-corrected chi connectivity index (χ2v) is 7.38. The summed E-state index contributed by atoms with van der Waals surface area (Å²) >= 11 is 0. The fourth-order valence-electron chi connectivity index (χ4n) is 4.83. The Morgan fingerprint density at radius 2 is 2.05 bits per heavy atom. The van der Waals surface area contributed by atoms with E-state index in [2.05, 4.69) is 22.8 Å². The Morgan fingerprint density at radius 1 is 1.14 bits per heavy atom. The van der Waals surface area contributed by atoms with E-state index < -0.39 is 0 Å². The van der Waals surface area contributed by atoms with Crippen molar-refractivity contribution in [1.82, 2.24) is 9.55 Å². The summed E-state index contributed by atoms with van der Waals surface area (Å²) in [7, 11) is 0. The van der Waals surface area contributed by atoms with Gasteiger partial charge in [0.1, 0.15) is 5.82 Å². The standard InChI is InChI=1S/C18H23N3/c19-10-12-2-6-17-16(9-12)20-18(21(17)14-4-5-14)15-8-11-1-3-13(15)7-11/h2,6,9,11,13-15H,1,3-5,7-8,10,19H2. The highest BCUT2D eigenvalue weighted by atomic mass is 15.1. The quantitative estimate of drug-likeness (QED) is 0.931. The molecular weight excluding hydrogens is 258 g/mol. The molecule has 1 aromatic heterocycles. The van der Waals surface area contributed by atoms with E-state index in [1.54, 1.807) is 0 Å². The molecule has 110 valence electrons. The van der Waals surface area contributed by atoms with Crippen molar-refractivity contribution in [2.24, 2.45) is 17.6 Å². The highest BCUT2D eigenvalue weighted by molar-refractivity contribution is 5.77. The van der Waals surface area contributed by atoms with E-state index in [-0.39, 0.29) is 0 Å². The minimum atomic E-state index is 0.607. The van der Waals surface area contributed by atoms with Crippen LogP contribution in [0.5, 0.6) is 0 Å². The molecule has 0 amide bonds. The van der Waals surface area contributed by atoms with Crippen LogP contribution in [0.15, 0.2) is 18.2 Å². The van der Waals surface area contributed by atoms with E-state index in [1.807, 2.05) is 0 Å². The van der Waals surface area contributed by atoms with E-state index >= 15 is 0 Å². The molecule has 3 heteroatoms. The van der Waals surface area contributed by atoms with Crippen LogP contribution in [0.2, 0.25) is 0 Å². The van der Waals surface area contributed by atoms with E-state index in [4.69, 9.17) is 10.7 Å². The predicted octanol–water partition coefficient (Wildman–Crippen LogP) is 3.73. The summed E-state index contributed by atoms with van der Waals surface area (Å²) in [5.41, 5.74) is 9.50. The maximum Gasteiger partial charge on any atom is 0.113 e. The van der Waals surface area contributed by atoms with Gasteiger partial charge < -0.3 is 10.3 Å². The molecule has 0 aliphatic heterocycles. The smallest absolute Gasteiger partial charge is 0.113 e. The molecule has 2 aromatic rings. The van der Waals surface area contributed by atoms with E-state index in [9.17, 15) is 0 Å². The van der Waals surface area contributed by atoms with Crippen molar-refractivity contribution in [1.29, 1.82) is 0 Å². The van der Waals surface area contributed by atoms with Crippen LogP contribution in [-0.2, 0) is 6.54 Å². The van der Waals surface area contributed by atoms with Crippen molar-refractivity contribution in [3.05, 3.63) is 29.6 Å². The maximum absolute atomic E-state index is 5.79. The van der Waals surface area contributed by atoms with Crippen molar-refractivity contribution in [2.75, 3.05) is 0 Å². The zero-order chi connectivity index (χ0) is 14.0. The van der Waals surface area contributed by atoms with Gasteiger partial charge in [-0.3, -0.25) is 0 Å². The van der Waals surface area contributed by atoms with Gasteiger partial charge in [-0.1, -0.05) is 12.5 Å². The second kappa shape index (κ2) is 4.33. The first-order valence-electron chi connectivity index (χ1n) is 8.54. The van der Waals surface area contributed by atoms with Gasteiger partial charge in [-0.15, -0.1) is 0 Å². The Labute approximate surface area is 125 Å². The number of rotatable bonds is 3. The lowest BCUT2D eigenvalue weighted by molar-refractivity contribution is 0.395. The number of hydrogen-bond donors (Lipinski definition) is 1. The van der Waals surface area contributed by atoms with Crippen LogP contribution in [0.1, 0.15) is 61.9 Å². The van der Waals surface area contributed by atoms with Gasteiger partial charge in [-0.2, -0.15) is 0 Å². The zero-order valence-electron chi connectivity index (χ0n) is 12.5. The summed E-state index contributed by atoms with van der Waals surface area (Å²) in [5.74, 6) is 4.00. The highest BCUT2D eigenvalue weighted by Gasteiger charge is 2.43.